The van der Waals surface area contributed by atoms with E-state index in [9.17, 15) is 0 Å². The SMILES string of the molecule is Br.Clc1cc2sc3c(Cl)cccc3c2nn1. The number of halogens is 3. The second kappa shape index (κ2) is 4.45. The van der Waals surface area contributed by atoms with Crippen molar-refractivity contribution in [3.05, 3.63) is 34.4 Å². The normalized spacial score (nSPS) is 10.6. The lowest BCUT2D eigenvalue weighted by Crippen LogP contribution is -1.80. The van der Waals surface area contributed by atoms with Gasteiger partial charge in [-0.2, -0.15) is 0 Å². The molecule has 0 saturated carbocycles. The van der Waals surface area contributed by atoms with E-state index in [4.69, 9.17) is 23.2 Å². The summed E-state index contributed by atoms with van der Waals surface area (Å²) >= 11 is 13.5. The Morgan fingerprint density at radius 1 is 1.12 bits per heavy atom. The van der Waals surface area contributed by atoms with Crippen molar-refractivity contribution in [1.29, 1.82) is 0 Å². The smallest absolute Gasteiger partial charge is 0.147 e. The Morgan fingerprint density at radius 2 is 1.94 bits per heavy atom. The second-order valence-electron chi connectivity index (χ2n) is 3.10. The van der Waals surface area contributed by atoms with Gasteiger partial charge in [0, 0.05) is 5.39 Å². The van der Waals surface area contributed by atoms with Crippen LogP contribution in [0.25, 0.3) is 20.3 Å². The molecule has 1 aromatic carbocycles. The van der Waals surface area contributed by atoms with Crippen LogP contribution in [-0.4, -0.2) is 10.2 Å². The first-order valence-corrected chi connectivity index (χ1v) is 5.83. The largest absolute Gasteiger partial charge is 0.153 e. The van der Waals surface area contributed by atoms with E-state index < -0.39 is 0 Å². The lowest BCUT2D eigenvalue weighted by atomic mass is 10.2. The minimum atomic E-state index is 0. The molecule has 0 atom stereocenters. The summed E-state index contributed by atoms with van der Waals surface area (Å²) < 4.78 is 2.05. The molecule has 0 unspecified atom stereocenters. The molecule has 0 bridgehead atoms. The van der Waals surface area contributed by atoms with E-state index in [-0.39, 0.29) is 17.0 Å². The van der Waals surface area contributed by atoms with Crippen LogP contribution in [0.4, 0.5) is 0 Å². The van der Waals surface area contributed by atoms with Gasteiger partial charge in [-0.05, 0) is 12.1 Å². The molecule has 0 spiro atoms. The van der Waals surface area contributed by atoms with E-state index in [1.54, 1.807) is 11.3 Å². The van der Waals surface area contributed by atoms with Crippen LogP contribution in [0.1, 0.15) is 0 Å². The molecule has 3 aromatic rings. The fraction of sp³-hybridized carbons (Fsp3) is 0. The van der Waals surface area contributed by atoms with Crippen molar-refractivity contribution in [2.24, 2.45) is 0 Å². The molecule has 0 aliphatic carbocycles. The number of hydrogen-bond donors (Lipinski definition) is 0. The molecule has 6 heteroatoms. The molecular weight excluding hydrogens is 331 g/mol. The van der Waals surface area contributed by atoms with Gasteiger partial charge in [-0.15, -0.1) is 38.5 Å². The summed E-state index contributed by atoms with van der Waals surface area (Å²) in [4.78, 5) is 0. The third-order valence-electron chi connectivity index (χ3n) is 2.16. The molecule has 0 N–H and O–H groups in total. The van der Waals surface area contributed by atoms with Gasteiger partial charge in [0.1, 0.15) is 5.52 Å². The highest BCUT2D eigenvalue weighted by Gasteiger charge is 2.09. The van der Waals surface area contributed by atoms with Crippen LogP contribution in [0.15, 0.2) is 24.3 Å². The van der Waals surface area contributed by atoms with Crippen LogP contribution in [0.3, 0.4) is 0 Å². The average Bonchev–Trinajstić information content (AvgIpc) is 2.57. The van der Waals surface area contributed by atoms with Crippen molar-refractivity contribution < 1.29 is 0 Å². The van der Waals surface area contributed by atoms with Crippen LogP contribution in [0.2, 0.25) is 10.2 Å². The van der Waals surface area contributed by atoms with Gasteiger partial charge in [0.05, 0.1) is 14.4 Å². The molecule has 2 heterocycles. The number of hydrogen-bond acceptors (Lipinski definition) is 3. The van der Waals surface area contributed by atoms with Crippen LogP contribution < -0.4 is 0 Å². The summed E-state index contributed by atoms with van der Waals surface area (Å²) in [6, 6.07) is 7.58. The lowest BCUT2D eigenvalue weighted by molar-refractivity contribution is 1.08. The number of nitrogens with zero attached hydrogens (tertiary/aromatic N) is 2. The summed E-state index contributed by atoms with van der Waals surface area (Å²) in [6.07, 6.45) is 0. The molecule has 3 rings (SSSR count). The Bertz CT molecular complexity index is 668. The summed E-state index contributed by atoms with van der Waals surface area (Å²) in [5, 5.41) is 10.1. The number of fused-ring (bicyclic) bond motifs is 3. The molecule has 82 valence electrons. The van der Waals surface area contributed by atoms with E-state index in [0.29, 0.717) is 5.15 Å². The Balaban J connectivity index is 0.000000963. The standard InChI is InChI=1S/C10H4Cl2N2S.BrH/c11-6-3-1-2-5-9-7(15-10(5)6)4-8(12)13-14-9;/h1-4H;1H. The minimum absolute atomic E-state index is 0. The van der Waals surface area contributed by atoms with Gasteiger partial charge in [0.2, 0.25) is 0 Å². The zero-order valence-corrected chi connectivity index (χ0v) is 11.8. The first-order valence-electron chi connectivity index (χ1n) is 4.25. The third kappa shape index (κ3) is 1.80. The third-order valence-corrected chi connectivity index (χ3v) is 3.95. The van der Waals surface area contributed by atoms with Gasteiger partial charge in [-0.3, -0.25) is 0 Å². The number of thiophene rings is 1. The van der Waals surface area contributed by atoms with Gasteiger partial charge < -0.3 is 0 Å². The van der Waals surface area contributed by atoms with E-state index in [1.165, 1.54) is 0 Å². The Hall–Kier alpha value is -0.420. The monoisotopic (exact) mass is 334 g/mol. The van der Waals surface area contributed by atoms with E-state index >= 15 is 0 Å². The molecule has 0 radical (unpaired) electrons. The molecule has 0 amide bonds. The summed E-state index contributed by atoms with van der Waals surface area (Å²) in [5.41, 5.74) is 0.863. The number of rotatable bonds is 0. The maximum atomic E-state index is 6.10. The summed E-state index contributed by atoms with van der Waals surface area (Å²) in [7, 11) is 0. The van der Waals surface area contributed by atoms with Crippen molar-refractivity contribution >= 4 is 71.8 Å². The molecule has 0 saturated heterocycles. The van der Waals surface area contributed by atoms with Crippen molar-refractivity contribution in [1.82, 2.24) is 10.2 Å². The van der Waals surface area contributed by atoms with Gasteiger partial charge in [-0.25, -0.2) is 0 Å². The fourth-order valence-corrected chi connectivity index (χ4v) is 3.11. The maximum absolute atomic E-state index is 6.10. The molecule has 2 nitrogen and oxygen atoms in total. The van der Waals surface area contributed by atoms with E-state index in [2.05, 4.69) is 10.2 Å². The zero-order valence-electron chi connectivity index (χ0n) is 7.78. The predicted molar refractivity (Wildman–Crippen MR) is 75.3 cm³/mol. The minimum Gasteiger partial charge on any atom is -0.147 e. The Kier molecular flexibility index (Phi) is 3.35. The average molecular weight is 336 g/mol. The maximum Gasteiger partial charge on any atom is 0.153 e. The van der Waals surface area contributed by atoms with Crippen molar-refractivity contribution in [2.45, 2.75) is 0 Å². The van der Waals surface area contributed by atoms with Crippen LogP contribution in [0, 0.1) is 0 Å². The van der Waals surface area contributed by atoms with Gasteiger partial charge in [0.15, 0.2) is 5.15 Å². The summed E-state index contributed by atoms with van der Waals surface area (Å²) in [5.74, 6) is 0. The fourth-order valence-electron chi connectivity index (χ4n) is 1.53. The number of aromatic nitrogens is 2. The van der Waals surface area contributed by atoms with E-state index in [1.807, 2.05) is 24.3 Å². The van der Waals surface area contributed by atoms with Gasteiger partial charge >= 0.3 is 0 Å². The van der Waals surface area contributed by atoms with E-state index in [0.717, 1.165) is 25.3 Å². The molecular formula is C10H5BrCl2N2S. The number of benzene rings is 1. The van der Waals surface area contributed by atoms with Gasteiger partial charge in [0.25, 0.3) is 0 Å². The first-order chi connectivity index (χ1) is 7.25. The van der Waals surface area contributed by atoms with Crippen LogP contribution >= 0.6 is 51.5 Å². The summed E-state index contributed by atoms with van der Waals surface area (Å²) in [6.45, 7) is 0. The second-order valence-corrected chi connectivity index (χ2v) is 4.95. The lowest BCUT2D eigenvalue weighted by Gasteiger charge is -1.91. The highest BCUT2D eigenvalue weighted by Crippen LogP contribution is 2.36. The van der Waals surface area contributed by atoms with Crippen molar-refractivity contribution in [2.75, 3.05) is 0 Å². The van der Waals surface area contributed by atoms with Crippen molar-refractivity contribution in [3.63, 3.8) is 0 Å². The van der Waals surface area contributed by atoms with Crippen LogP contribution in [-0.2, 0) is 0 Å². The van der Waals surface area contributed by atoms with Gasteiger partial charge in [-0.1, -0.05) is 35.3 Å². The van der Waals surface area contributed by atoms with Crippen LogP contribution in [0.5, 0.6) is 0 Å². The molecule has 0 aliphatic heterocycles. The Labute approximate surface area is 116 Å². The quantitative estimate of drug-likeness (QED) is 0.593. The molecule has 0 fully saturated rings. The van der Waals surface area contributed by atoms with Crippen molar-refractivity contribution in [3.8, 4) is 0 Å². The molecule has 0 aliphatic rings. The Morgan fingerprint density at radius 3 is 2.75 bits per heavy atom. The topological polar surface area (TPSA) is 25.8 Å². The first kappa shape index (κ1) is 12.0. The molecule has 2 aromatic heterocycles. The highest BCUT2D eigenvalue weighted by molar-refractivity contribution is 8.93. The zero-order chi connectivity index (χ0) is 10.4. The predicted octanol–water partition coefficient (Wildman–Crippen LogP) is 4.73. The molecule has 16 heavy (non-hydrogen) atoms. The highest BCUT2D eigenvalue weighted by atomic mass is 79.9.